The predicted octanol–water partition coefficient (Wildman–Crippen LogP) is 3.06. The Morgan fingerprint density at radius 1 is 1.15 bits per heavy atom. The number of hydrogen-bond donors (Lipinski definition) is 2. The quantitative estimate of drug-likeness (QED) is 0.202. The van der Waals surface area contributed by atoms with Crippen LogP contribution in [0.3, 0.4) is 0 Å². The Morgan fingerprint density at radius 2 is 1.93 bits per heavy atom. The fourth-order valence-electron chi connectivity index (χ4n) is 2.36. The summed E-state index contributed by atoms with van der Waals surface area (Å²) in [5, 5.41) is 6.59. The summed E-state index contributed by atoms with van der Waals surface area (Å²) in [5.41, 5.74) is 0.908. The molecule has 2 N–H and O–H groups in total. The van der Waals surface area contributed by atoms with Crippen LogP contribution in [-0.4, -0.2) is 71.5 Å². The Bertz CT molecular complexity index is 544. The molecule has 0 aliphatic rings. The van der Waals surface area contributed by atoms with E-state index in [1.54, 1.807) is 14.2 Å². The monoisotopic (exact) mass is 494 g/mol. The van der Waals surface area contributed by atoms with E-state index in [0.29, 0.717) is 6.61 Å². The predicted molar refractivity (Wildman–Crippen MR) is 123 cm³/mol. The highest BCUT2D eigenvalue weighted by molar-refractivity contribution is 14.0. The van der Waals surface area contributed by atoms with Crippen LogP contribution >= 0.6 is 24.0 Å². The molecule has 0 aliphatic carbocycles. The molecule has 0 saturated heterocycles. The van der Waals surface area contributed by atoms with Crippen molar-refractivity contribution < 1.29 is 14.2 Å². The Morgan fingerprint density at radius 3 is 2.56 bits per heavy atom. The second kappa shape index (κ2) is 15.8. The first-order chi connectivity index (χ1) is 12.6. The molecule has 0 radical (unpaired) electrons. The number of nitrogens with zero attached hydrogens (tertiary/aromatic N) is 2. The number of rotatable bonds is 12. The number of aliphatic imine (C=N–C) groups is 1. The lowest BCUT2D eigenvalue weighted by atomic mass is 10.2. The maximum Gasteiger partial charge on any atom is 0.195 e. The van der Waals surface area contributed by atoms with Gasteiger partial charge in [-0.05, 0) is 46.0 Å². The van der Waals surface area contributed by atoms with Crippen molar-refractivity contribution in [2.45, 2.75) is 20.3 Å². The number of benzene rings is 1. The van der Waals surface area contributed by atoms with E-state index in [1.165, 1.54) is 0 Å². The Kier molecular flexibility index (Phi) is 15.0. The van der Waals surface area contributed by atoms with Crippen molar-refractivity contribution >= 4 is 35.6 Å². The highest BCUT2D eigenvalue weighted by atomic mass is 127. The lowest BCUT2D eigenvalue weighted by Crippen LogP contribution is -2.31. The van der Waals surface area contributed by atoms with Crippen LogP contribution in [0.25, 0.3) is 0 Å². The molecule has 0 aromatic heterocycles. The molecule has 0 unspecified atom stereocenters. The van der Waals surface area contributed by atoms with Crippen molar-refractivity contribution in [1.82, 2.24) is 10.2 Å². The largest absolute Gasteiger partial charge is 0.493 e. The maximum absolute atomic E-state index is 5.63. The van der Waals surface area contributed by atoms with Gasteiger partial charge in [0.15, 0.2) is 17.5 Å². The molecule has 7 nitrogen and oxygen atoms in total. The number of anilines is 1. The first-order valence-electron chi connectivity index (χ1n) is 9.18. The molecule has 8 heteroatoms. The zero-order chi connectivity index (χ0) is 19.2. The van der Waals surface area contributed by atoms with Gasteiger partial charge >= 0.3 is 0 Å². The average molecular weight is 494 g/mol. The third kappa shape index (κ3) is 10.6. The Hall–Kier alpha value is -1.26. The topological polar surface area (TPSA) is 67.4 Å². The molecule has 1 rings (SSSR count). The zero-order valence-corrected chi connectivity index (χ0v) is 19.5. The van der Waals surface area contributed by atoms with Crippen LogP contribution in [0.15, 0.2) is 23.2 Å². The standard InChI is InChI=1S/C19H34N4O3.HI/c1-6-20-19(21-11-8-12-23(3)13-14-24-4)22-16-9-10-17(25-5)18(15-16)26-7-2;/h9-10,15H,6-8,11-14H2,1-5H3,(H2,20,21,22);1H. The van der Waals surface area contributed by atoms with E-state index in [1.807, 2.05) is 25.1 Å². The molecule has 0 heterocycles. The molecule has 0 atom stereocenters. The van der Waals surface area contributed by atoms with Gasteiger partial charge in [-0.25, -0.2) is 0 Å². The van der Waals surface area contributed by atoms with E-state index in [2.05, 4.69) is 34.5 Å². The summed E-state index contributed by atoms with van der Waals surface area (Å²) in [7, 11) is 5.46. The summed E-state index contributed by atoms with van der Waals surface area (Å²) in [6.45, 7) is 8.82. The molecule has 27 heavy (non-hydrogen) atoms. The summed E-state index contributed by atoms with van der Waals surface area (Å²) in [5.74, 6) is 2.20. The first kappa shape index (κ1) is 25.7. The van der Waals surface area contributed by atoms with Crippen LogP contribution in [0, 0.1) is 0 Å². The van der Waals surface area contributed by atoms with Gasteiger partial charge in [0.2, 0.25) is 0 Å². The van der Waals surface area contributed by atoms with Crippen molar-refractivity contribution in [2.24, 2.45) is 4.99 Å². The van der Waals surface area contributed by atoms with Crippen molar-refractivity contribution in [2.75, 3.05) is 66.0 Å². The molecular formula is C19H35IN4O3. The highest BCUT2D eigenvalue weighted by Crippen LogP contribution is 2.30. The van der Waals surface area contributed by atoms with E-state index in [0.717, 1.165) is 62.4 Å². The second-order valence-corrected chi connectivity index (χ2v) is 5.83. The SMILES string of the molecule is CCNC(=NCCCN(C)CCOC)Nc1ccc(OC)c(OCC)c1.I. The minimum Gasteiger partial charge on any atom is -0.493 e. The Labute approximate surface area is 180 Å². The number of methoxy groups -OCH3 is 2. The van der Waals surface area contributed by atoms with E-state index >= 15 is 0 Å². The number of hydrogen-bond acceptors (Lipinski definition) is 5. The van der Waals surface area contributed by atoms with Crippen LogP contribution in [0.4, 0.5) is 5.69 Å². The molecule has 1 aromatic rings. The maximum atomic E-state index is 5.63. The minimum atomic E-state index is 0. The fourth-order valence-corrected chi connectivity index (χ4v) is 2.36. The van der Waals surface area contributed by atoms with Gasteiger partial charge in [-0.15, -0.1) is 24.0 Å². The second-order valence-electron chi connectivity index (χ2n) is 5.83. The third-order valence-electron chi connectivity index (χ3n) is 3.72. The smallest absolute Gasteiger partial charge is 0.195 e. The molecule has 0 saturated carbocycles. The lowest BCUT2D eigenvalue weighted by Gasteiger charge is -2.16. The number of nitrogens with one attached hydrogen (secondary N) is 2. The van der Waals surface area contributed by atoms with E-state index in [9.17, 15) is 0 Å². The van der Waals surface area contributed by atoms with Gasteiger partial charge in [0, 0.05) is 38.5 Å². The molecular weight excluding hydrogens is 459 g/mol. The summed E-state index contributed by atoms with van der Waals surface area (Å²) in [6, 6.07) is 5.77. The summed E-state index contributed by atoms with van der Waals surface area (Å²) in [6.07, 6.45) is 0.990. The van der Waals surface area contributed by atoms with E-state index in [4.69, 9.17) is 14.2 Å². The van der Waals surface area contributed by atoms with Crippen LogP contribution in [0.2, 0.25) is 0 Å². The number of ether oxygens (including phenoxy) is 3. The van der Waals surface area contributed by atoms with Gasteiger partial charge in [-0.1, -0.05) is 0 Å². The zero-order valence-electron chi connectivity index (χ0n) is 17.2. The molecule has 0 spiro atoms. The molecule has 0 bridgehead atoms. The summed E-state index contributed by atoms with van der Waals surface area (Å²) >= 11 is 0. The van der Waals surface area contributed by atoms with Gasteiger partial charge in [-0.2, -0.15) is 0 Å². The molecule has 156 valence electrons. The molecule has 0 fully saturated rings. The van der Waals surface area contributed by atoms with Gasteiger partial charge < -0.3 is 29.7 Å². The highest BCUT2D eigenvalue weighted by Gasteiger charge is 2.07. The fraction of sp³-hybridized carbons (Fsp3) is 0.632. The number of guanidine groups is 1. The molecule has 0 aliphatic heterocycles. The average Bonchev–Trinajstić information content (AvgIpc) is 2.64. The van der Waals surface area contributed by atoms with E-state index in [-0.39, 0.29) is 24.0 Å². The molecule has 0 amide bonds. The van der Waals surface area contributed by atoms with Gasteiger partial charge in [0.25, 0.3) is 0 Å². The van der Waals surface area contributed by atoms with Crippen molar-refractivity contribution in [3.05, 3.63) is 18.2 Å². The minimum absolute atomic E-state index is 0. The van der Waals surface area contributed by atoms with Crippen LogP contribution in [0.1, 0.15) is 20.3 Å². The van der Waals surface area contributed by atoms with Gasteiger partial charge in [-0.3, -0.25) is 4.99 Å². The van der Waals surface area contributed by atoms with Crippen molar-refractivity contribution in [3.8, 4) is 11.5 Å². The third-order valence-corrected chi connectivity index (χ3v) is 3.72. The summed E-state index contributed by atoms with van der Waals surface area (Å²) in [4.78, 5) is 6.89. The first-order valence-corrected chi connectivity index (χ1v) is 9.18. The lowest BCUT2D eigenvalue weighted by molar-refractivity contribution is 0.161. The van der Waals surface area contributed by atoms with Crippen LogP contribution < -0.4 is 20.1 Å². The van der Waals surface area contributed by atoms with Crippen LogP contribution in [-0.2, 0) is 4.74 Å². The molecule has 1 aromatic carbocycles. The van der Waals surface area contributed by atoms with Crippen molar-refractivity contribution in [3.63, 3.8) is 0 Å². The number of halogens is 1. The normalized spacial score (nSPS) is 11.1. The van der Waals surface area contributed by atoms with E-state index < -0.39 is 0 Å². The number of likely N-dealkylation sites (N-methyl/N-ethyl adjacent to an activating group) is 1. The summed E-state index contributed by atoms with van der Waals surface area (Å²) < 4.78 is 16.0. The van der Waals surface area contributed by atoms with Gasteiger partial charge in [0.1, 0.15) is 0 Å². The van der Waals surface area contributed by atoms with Crippen molar-refractivity contribution in [1.29, 1.82) is 0 Å². The van der Waals surface area contributed by atoms with Crippen LogP contribution in [0.5, 0.6) is 11.5 Å². The van der Waals surface area contributed by atoms with Gasteiger partial charge in [0.05, 0.1) is 20.3 Å². The Balaban J connectivity index is 0.00000676.